The summed E-state index contributed by atoms with van der Waals surface area (Å²) in [5.74, 6) is 0.752. The van der Waals surface area contributed by atoms with Crippen molar-refractivity contribution < 1.29 is 0 Å². The standard InChI is InChI=1S/C38H21N3S/c39-22-26-21-37(40-32-11-5-3-8-27(26)32)41-33-12-6-4-10-29(33)30-19-24(13-16-34(30)41)25-15-17-35-31(20-25)38-28-9-2-1-7-23(28)14-18-36(38)42-35/h1-21H. The molecular weight excluding hydrogens is 531 g/mol. The Kier molecular flexibility index (Phi) is 4.84. The molecule has 3 nitrogen and oxygen atoms in total. The summed E-state index contributed by atoms with van der Waals surface area (Å²) < 4.78 is 4.81. The summed E-state index contributed by atoms with van der Waals surface area (Å²) in [6, 6.07) is 47.3. The first-order valence-electron chi connectivity index (χ1n) is 13.9. The van der Waals surface area contributed by atoms with Crippen LogP contribution < -0.4 is 0 Å². The van der Waals surface area contributed by atoms with E-state index in [0.717, 1.165) is 38.5 Å². The maximum Gasteiger partial charge on any atom is 0.139 e. The third-order valence-electron chi connectivity index (χ3n) is 8.42. The number of aromatic nitrogens is 2. The Morgan fingerprint density at radius 3 is 2.14 bits per heavy atom. The van der Waals surface area contributed by atoms with Gasteiger partial charge in [0.2, 0.25) is 0 Å². The molecule has 0 amide bonds. The topological polar surface area (TPSA) is 41.6 Å². The minimum absolute atomic E-state index is 0.627. The fraction of sp³-hybridized carbons (Fsp3) is 0. The highest BCUT2D eigenvalue weighted by Gasteiger charge is 2.16. The first kappa shape index (κ1) is 23.2. The van der Waals surface area contributed by atoms with E-state index in [2.05, 4.69) is 108 Å². The largest absolute Gasteiger partial charge is 0.294 e. The van der Waals surface area contributed by atoms with E-state index in [0.29, 0.717) is 5.56 Å². The highest BCUT2D eigenvalue weighted by Crippen LogP contribution is 2.41. The van der Waals surface area contributed by atoms with Gasteiger partial charge in [0.1, 0.15) is 5.82 Å². The van der Waals surface area contributed by atoms with Crippen LogP contribution in [0.4, 0.5) is 0 Å². The number of hydrogen-bond donors (Lipinski definition) is 0. The van der Waals surface area contributed by atoms with Crippen LogP contribution in [0.3, 0.4) is 0 Å². The van der Waals surface area contributed by atoms with Gasteiger partial charge in [0.05, 0.1) is 28.2 Å². The van der Waals surface area contributed by atoms with Crippen molar-refractivity contribution >= 4 is 75.0 Å². The summed E-state index contributed by atoms with van der Waals surface area (Å²) in [7, 11) is 0. The Hall–Kier alpha value is -5.50. The fourth-order valence-corrected chi connectivity index (χ4v) is 7.60. The normalized spacial score (nSPS) is 11.8. The highest BCUT2D eigenvalue weighted by molar-refractivity contribution is 7.26. The summed E-state index contributed by atoms with van der Waals surface area (Å²) in [6.45, 7) is 0. The van der Waals surface area contributed by atoms with Gasteiger partial charge in [-0.2, -0.15) is 5.26 Å². The van der Waals surface area contributed by atoms with Gasteiger partial charge < -0.3 is 0 Å². The Morgan fingerprint density at radius 1 is 0.571 bits per heavy atom. The summed E-state index contributed by atoms with van der Waals surface area (Å²) in [5, 5.41) is 18.4. The number of hydrogen-bond acceptors (Lipinski definition) is 3. The van der Waals surface area contributed by atoms with Crippen molar-refractivity contribution in [3.05, 3.63) is 133 Å². The molecule has 0 fully saturated rings. The van der Waals surface area contributed by atoms with Crippen LogP contribution in [-0.2, 0) is 0 Å². The van der Waals surface area contributed by atoms with E-state index in [-0.39, 0.29) is 0 Å². The van der Waals surface area contributed by atoms with Crippen LogP contribution in [0.25, 0.3) is 80.6 Å². The van der Waals surface area contributed by atoms with E-state index >= 15 is 0 Å². The number of nitrogens with zero attached hydrogens (tertiary/aromatic N) is 3. The van der Waals surface area contributed by atoms with Crippen LogP contribution in [-0.4, -0.2) is 9.55 Å². The average Bonchev–Trinajstić information content (AvgIpc) is 3.59. The maximum atomic E-state index is 9.94. The monoisotopic (exact) mass is 551 g/mol. The molecule has 42 heavy (non-hydrogen) atoms. The predicted molar refractivity (Wildman–Crippen MR) is 177 cm³/mol. The molecule has 0 radical (unpaired) electrons. The van der Waals surface area contributed by atoms with Gasteiger partial charge in [-0.05, 0) is 70.4 Å². The second-order valence-electron chi connectivity index (χ2n) is 10.7. The van der Waals surface area contributed by atoms with Crippen molar-refractivity contribution in [1.29, 1.82) is 5.26 Å². The number of fused-ring (bicyclic) bond motifs is 9. The summed E-state index contributed by atoms with van der Waals surface area (Å²) in [6.07, 6.45) is 0. The summed E-state index contributed by atoms with van der Waals surface area (Å²) in [5.41, 5.74) is 5.96. The molecule has 9 aromatic rings. The molecule has 0 aliphatic carbocycles. The van der Waals surface area contributed by atoms with Gasteiger partial charge in [0, 0.05) is 36.3 Å². The van der Waals surface area contributed by atoms with Gasteiger partial charge in [-0.25, -0.2) is 4.98 Å². The molecular formula is C38H21N3S. The maximum absolute atomic E-state index is 9.94. The van der Waals surface area contributed by atoms with Gasteiger partial charge in [-0.15, -0.1) is 11.3 Å². The van der Waals surface area contributed by atoms with Crippen molar-refractivity contribution in [3.63, 3.8) is 0 Å². The van der Waals surface area contributed by atoms with E-state index < -0.39 is 0 Å². The molecule has 0 aliphatic rings. The molecule has 3 aromatic heterocycles. The molecule has 4 heteroatoms. The second kappa shape index (κ2) is 8.75. The number of benzene rings is 6. The van der Waals surface area contributed by atoms with Crippen LogP contribution >= 0.6 is 11.3 Å². The van der Waals surface area contributed by atoms with Crippen LogP contribution in [0.1, 0.15) is 5.56 Å². The van der Waals surface area contributed by atoms with E-state index in [1.54, 1.807) is 0 Å². The Morgan fingerprint density at radius 2 is 1.26 bits per heavy atom. The zero-order chi connectivity index (χ0) is 27.8. The van der Waals surface area contributed by atoms with Gasteiger partial charge in [-0.1, -0.05) is 78.9 Å². The van der Waals surface area contributed by atoms with Gasteiger partial charge in [-0.3, -0.25) is 4.57 Å². The lowest BCUT2D eigenvalue weighted by molar-refractivity contribution is 1.10. The first-order chi connectivity index (χ1) is 20.8. The SMILES string of the molecule is N#Cc1cc(-n2c3ccccc3c3cc(-c4ccc5sc6ccc7ccccc7c6c5c4)ccc32)nc2ccccc12. The summed E-state index contributed by atoms with van der Waals surface area (Å²) >= 11 is 1.86. The van der Waals surface area contributed by atoms with Crippen molar-refractivity contribution in [3.8, 4) is 23.0 Å². The Bertz CT molecular complexity index is 2600. The molecule has 0 spiro atoms. The lowest BCUT2D eigenvalue weighted by Gasteiger charge is -2.10. The quantitative estimate of drug-likeness (QED) is 0.214. The van der Waals surface area contributed by atoms with Crippen LogP contribution in [0.5, 0.6) is 0 Å². The van der Waals surface area contributed by atoms with Gasteiger partial charge in [0.25, 0.3) is 0 Å². The molecule has 0 bridgehead atoms. The molecule has 3 heterocycles. The van der Waals surface area contributed by atoms with E-state index in [1.807, 2.05) is 41.7 Å². The first-order valence-corrected chi connectivity index (χ1v) is 14.8. The van der Waals surface area contributed by atoms with Crippen molar-refractivity contribution in [1.82, 2.24) is 9.55 Å². The van der Waals surface area contributed by atoms with Crippen molar-refractivity contribution in [2.45, 2.75) is 0 Å². The van der Waals surface area contributed by atoms with Crippen molar-refractivity contribution in [2.24, 2.45) is 0 Å². The number of pyridine rings is 1. The van der Waals surface area contributed by atoms with E-state index in [9.17, 15) is 5.26 Å². The number of nitriles is 1. The predicted octanol–water partition coefficient (Wildman–Crippen LogP) is 10.4. The van der Waals surface area contributed by atoms with Gasteiger partial charge in [0.15, 0.2) is 0 Å². The summed E-state index contributed by atoms with van der Waals surface area (Å²) in [4.78, 5) is 5.00. The Balaban J connectivity index is 1.28. The molecule has 9 rings (SSSR count). The van der Waals surface area contributed by atoms with Crippen molar-refractivity contribution in [2.75, 3.05) is 0 Å². The third-order valence-corrected chi connectivity index (χ3v) is 9.55. The third kappa shape index (κ3) is 3.29. The zero-order valence-corrected chi connectivity index (χ0v) is 23.2. The molecule has 0 unspecified atom stereocenters. The minimum atomic E-state index is 0.627. The highest BCUT2D eigenvalue weighted by atomic mass is 32.1. The fourth-order valence-electron chi connectivity index (χ4n) is 6.49. The molecule has 6 aromatic carbocycles. The second-order valence-corrected chi connectivity index (χ2v) is 11.8. The van der Waals surface area contributed by atoms with Crippen LogP contribution in [0.15, 0.2) is 127 Å². The molecule has 0 saturated carbocycles. The zero-order valence-electron chi connectivity index (χ0n) is 22.4. The van der Waals surface area contributed by atoms with E-state index in [1.165, 1.54) is 42.1 Å². The number of rotatable bonds is 2. The minimum Gasteiger partial charge on any atom is -0.294 e. The lowest BCUT2D eigenvalue weighted by Crippen LogP contribution is -1.99. The van der Waals surface area contributed by atoms with Crippen LogP contribution in [0, 0.1) is 11.3 Å². The van der Waals surface area contributed by atoms with E-state index in [4.69, 9.17) is 4.98 Å². The number of thiophene rings is 1. The number of para-hydroxylation sites is 2. The average molecular weight is 552 g/mol. The molecule has 0 aliphatic heterocycles. The molecule has 0 atom stereocenters. The lowest BCUT2D eigenvalue weighted by atomic mass is 9.99. The Labute approximate surface area is 245 Å². The van der Waals surface area contributed by atoms with Crippen LogP contribution in [0.2, 0.25) is 0 Å². The smallest absolute Gasteiger partial charge is 0.139 e. The molecule has 0 N–H and O–H groups in total. The molecule has 0 saturated heterocycles. The molecule has 194 valence electrons. The van der Waals surface area contributed by atoms with Gasteiger partial charge >= 0.3 is 0 Å².